The third kappa shape index (κ3) is 10.1. The van der Waals surface area contributed by atoms with Crippen molar-refractivity contribution >= 4 is 23.7 Å². The normalized spacial score (nSPS) is 20.2. The third-order valence-electron chi connectivity index (χ3n) is 4.71. The molecule has 0 saturated carbocycles. The zero-order valence-corrected chi connectivity index (χ0v) is 18.0. The van der Waals surface area contributed by atoms with E-state index in [4.69, 9.17) is 9.84 Å². The van der Waals surface area contributed by atoms with Gasteiger partial charge in [-0.05, 0) is 25.0 Å². The van der Waals surface area contributed by atoms with E-state index in [1.54, 1.807) is 6.08 Å². The predicted octanol–water partition coefficient (Wildman–Crippen LogP) is 4.18. The van der Waals surface area contributed by atoms with E-state index in [0.717, 1.165) is 48.8 Å². The Hall–Kier alpha value is -1.57. The van der Waals surface area contributed by atoms with Crippen LogP contribution in [0.4, 0.5) is 0 Å². The van der Waals surface area contributed by atoms with Crippen molar-refractivity contribution in [2.24, 2.45) is 5.92 Å². The topological polar surface area (TPSA) is 104 Å². The molecule has 0 aromatic carbocycles. The number of aliphatic hydroxyl groups is 2. The van der Waals surface area contributed by atoms with Crippen LogP contribution in [0.5, 0.6) is 0 Å². The minimum Gasteiger partial charge on any atom is -0.481 e. The average Bonchev–Trinajstić information content (AvgIpc) is 2.96. The maximum absolute atomic E-state index is 11.6. The lowest BCUT2D eigenvalue weighted by Crippen LogP contribution is -2.14. The van der Waals surface area contributed by atoms with E-state index in [-0.39, 0.29) is 18.8 Å². The first kappa shape index (κ1) is 25.5. The summed E-state index contributed by atoms with van der Waals surface area (Å²) >= 11 is 1.52. The molecule has 3 atom stereocenters. The number of carbonyl (C=O) groups excluding carboxylic acids is 1. The zero-order chi connectivity index (χ0) is 21.6. The molecule has 164 valence electrons. The molecular weight excluding hydrogens is 392 g/mol. The molecule has 0 unspecified atom stereocenters. The van der Waals surface area contributed by atoms with Crippen LogP contribution in [0.25, 0.3) is 0 Å². The van der Waals surface area contributed by atoms with Gasteiger partial charge in [0.1, 0.15) is 5.76 Å². The standard InChI is InChI=1S/C22H34O6S/c1-3-5-7-10-16(23)12-13-17-18(24)15-19(28-21(27)4-2)22(17)29-14-9-6-8-11-20(25)26/h4,12-13,16-18,23-24H,2-3,5-11,14-15H2,1H3,(H,25,26)/t16-,17-,18+/m0/s1. The van der Waals surface area contributed by atoms with Crippen LogP contribution in [0.2, 0.25) is 0 Å². The maximum Gasteiger partial charge on any atom is 0.335 e. The van der Waals surface area contributed by atoms with Crippen molar-refractivity contribution in [1.82, 2.24) is 0 Å². The van der Waals surface area contributed by atoms with Gasteiger partial charge in [0.25, 0.3) is 0 Å². The zero-order valence-electron chi connectivity index (χ0n) is 17.2. The minimum atomic E-state index is -0.791. The van der Waals surface area contributed by atoms with E-state index in [0.29, 0.717) is 18.6 Å². The summed E-state index contributed by atoms with van der Waals surface area (Å²) < 4.78 is 5.34. The van der Waals surface area contributed by atoms with Crippen LogP contribution in [0.15, 0.2) is 35.5 Å². The summed E-state index contributed by atoms with van der Waals surface area (Å²) in [6.45, 7) is 5.52. The SMILES string of the molecule is C=CC(=O)OC1=C(SCCCCCC(=O)O)[C@@H](C=C[C@@H](O)CCCCC)[C@H](O)C1. The summed E-state index contributed by atoms with van der Waals surface area (Å²) in [5.74, 6) is -0.489. The molecular formula is C22H34O6S. The van der Waals surface area contributed by atoms with Gasteiger partial charge in [-0.2, -0.15) is 0 Å². The van der Waals surface area contributed by atoms with Gasteiger partial charge in [0, 0.05) is 29.7 Å². The van der Waals surface area contributed by atoms with Crippen molar-refractivity contribution in [1.29, 1.82) is 0 Å². The van der Waals surface area contributed by atoms with Crippen LogP contribution in [-0.4, -0.2) is 45.2 Å². The quantitative estimate of drug-likeness (QED) is 0.156. The Morgan fingerprint density at radius 3 is 2.69 bits per heavy atom. The summed E-state index contributed by atoms with van der Waals surface area (Å²) in [5, 5.41) is 29.3. The number of esters is 1. The number of carboxylic acid groups (broad SMARTS) is 1. The highest BCUT2D eigenvalue weighted by Gasteiger charge is 2.34. The van der Waals surface area contributed by atoms with Gasteiger partial charge in [0.2, 0.25) is 0 Å². The van der Waals surface area contributed by atoms with Crippen LogP contribution in [0.3, 0.4) is 0 Å². The van der Waals surface area contributed by atoms with E-state index in [2.05, 4.69) is 13.5 Å². The fraction of sp³-hybridized carbons (Fsp3) is 0.636. The molecule has 7 heteroatoms. The molecule has 1 aliphatic carbocycles. The van der Waals surface area contributed by atoms with E-state index >= 15 is 0 Å². The first-order chi connectivity index (χ1) is 13.9. The van der Waals surface area contributed by atoms with Crippen LogP contribution in [0.1, 0.15) is 64.7 Å². The molecule has 0 spiro atoms. The molecule has 1 aliphatic rings. The Labute approximate surface area is 177 Å². The van der Waals surface area contributed by atoms with E-state index in [1.165, 1.54) is 11.8 Å². The second-order valence-electron chi connectivity index (χ2n) is 7.21. The second kappa shape index (κ2) is 14.4. The Bertz CT molecular complexity index is 598. The van der Waals surface area contributed by atoms with Crippen molar-refractivity contribution < 1.29 is 29.6 Å². The number of hydrogen-bond acceptors (Lipinski definition) is 6. The number of rotatable bonds is 15. The predicted molar refractivity (Wildman–Crippen MR) is 115 cm³/mol. The summed E-state index contributed by atoms with van der Waals surface area (Å²) in [4.78, 5) is 23.0. The molecule has 6 nitrogen and oxygen atoms in total. The lowest BCUT2D eigenvalue weighted by Gasteiger charge is -2.15. The largest absolute Gasteiger partial charge is 0.481 e. The maximum atomic E-state index is 11.6. The number of ether oxygens (including phenoxy) is 1. The first-order valence-corrected chi connectivity index (χ1v) is 11.3. The van der Waals surface area contributed by atoms with E-state index in [1.807, 2.05) is 6.08 Å². The highest BCUT2D eigenvalue weighted by atomic mass is 32.2. The summed E-state index contributed by atoms with van der Waals surface area (Å²) in [6, 6.07) is 0. The van der Waals surface area contributed by atoms with Crippen molar-refractivity contribution in [3.8, 4) is 0 Å². The van der Waals surface area contributed by atoms with Gasteiger partial charge in [-0.1, -0.05) is 51.3 Å². The first-order valence-electron chi connectivity index (χ1n) is 10.3. The smallest absolute Gasteiger partial charge is 0.335 e. The number of unbranched alkanes of at least 4 members (excludes halogenated alkanes) is 4. The molecule has 0 amide bonds. The van der Waals surface area contributed by atoms with Crippen LogP contribution in [-0.2, 0) is 14.3 Å². The molecule has 0 aromatic heterocycles. The van der Waals surface area contributed by atoms with Crippen molar-refractivity contribution in [3.63, 3.8) is 0 Å². The molecule has 0 bridgehead atoms. The molecule has 0 heterocycles. The van der Waals surface area contributed by atoms with E-state index in [9.17, 15) is 19.8 Å². The lowest BCUT2D eigenvalue weighted by molar-refractivity contribution is -0.137. The summed E-state index contributed by atoms with van der Waals surface area (Å²) in [6.07, 6.45) is 9.79. The van der Waals surface area contributed by atoms with Crippen molar-refractivity contribution in [2.75, 3.05) is 5.75 Å². The van der Waals surface area contributed by atoms with Crippen molar-refractivity contribution in [3.05, 3.63) is 35.5 Å². The Kier molecular flexibility index (Phi) is 12.7. The van der Waals surface area contributed by atoms with Gasteiger partial charge in [0.15, 0.2) is 0 Å². The third-order valence-corrected chi connectivity index (χ3v) is 6.02. The molecule has 0 aromatic rings. The average molecular weight is 427 g/mol. The van der Waals surface area contributed by atoms with Crippen LogP contribution >= 0.6 is 11.8 Å². The fourth-order valence-corrected chi connectivity index (χ4v) is 4.39. The van der Waals surface area contributed by atoms with E-state index < -0.39 is 24.1 Å². The molecule has 1 rings (SSSR count). The Morgan fingerprint density at radius 1 is 1.28 bits per heavy atom. The van der Waals surface area contributed by atoms with Gasteiger partial charge in [-0.3, -0.25) is 4.79 Å². The molecule has 0 aliphatic heterocycles. The number of thioether (sulfide) groups is 1. The fourth-order valence-electron chi connectivity index (χ4n) is 3.11. The number of hydrogen-bond donors (Lipinski definition) is 3. The number of aliphatic carboxylic acids is 1. The Balaban J connectivity index is 2.72. The van der Waals surface area contributed by atoms with Gasteiger partial charge in [0.05, 0.1) is 12.2 Å². The monoisotopic (exact) mass is 426 g/mol. The van der Waals surface area contributed by atoms with Gasteiger partial charge in [-0.15, -0.1) is 11.8 Å². The lowest BCUT2D eigenvalue weighted by atomic mass is 10.0. The Morgan fingerprint density at radius 2 is 2.03 bits per heavy atom. The van der Waals surface area contributed by atoms with Gasteiger partial charge < -0.3 is 20.1 Å². The summed E-state index contributed by atoms with van der Waals surface area (Å²) in [7, 11) is 0. The molecule has 29 heavy (non-hydrogen) atoms. The second-order valence-corrected chi connectivity index (χ2v) is 8.35. The number of carbonyl (C=O) groups is 2. The van der Waals surface area contributed by atoms with Crippen LogP contribution < -0.4 is 0 Å². The number of carboxylic acids is 1. The van der Waals surface area contributed by atoms with Gasteiger partial charge >= 0.3 is 11.9 Å². The van der Waals surface area contributed by atoms with Gasteiger partial charge in [-0.25, -0.2) is 4.79 Å². The summed E-state index contributed by atoms with van der Waals surface area (Å²) in [5.41, 5.74) is 0. The van der Waals surface area contributed by atoms with Crippen molar-refractivity contribution in [2.45, 2.75) is 76.9 Å². The van der Waals surface area contributed by atoms with Crippen LogP contribution in [0, 0.1) is 5.92 Å². The number of aliphatic hydroxyl groups excluding tert-OH is 2. The molecule has 0 radical (unpaired) electrons. The highest BCUT2D eigenvalue weighted by Crippen LogP contribution is 2.41. The molecule has 0 saturated heterocycles. The molecule has 3 N–H and O–H groups in total. The molecule has 0 fully saturated rings. The highest BCUT2D eigenvalue weighted by molar-refractivity contribution is 8.03. The minimum absolute atomic E-state index is 0.162.